The highest BCUT2D eigenvalue weighted by molar-refractivity contribution is 6.14. The highest BCUT2D eigenvalue weighted by Gasteiger charge is 2.12. The van der Waals surface area contributed by atoms with Crippen LogP contribution in [-0.2, 0) is 0 Å². The Hall–Kier alpha value is -2.16. The zero-order chi connectivity index (χ0) is 14.4. The van der Waals surface area contributed by atoms with E-state index in [2.05, 4.69) is 17.2 Å². The van der Waals surface area contributed by atoms with Crippen LogP contribution in [0.5, 0.6) is 0 Å². The maximum atomic E-state index is 8.45. The number of nitrogens with one attached hydrogen (secondary N) is 2. The molecule has 0 unspecified atom stereocenters. The Morgan fingerprint density at radius 1 is 1.15 bits per heavy atom. The fourth-order valence-electron chi connectivity index (χ4n) is 2.13. The quantitative estimate of drug-likeness (QED) is 0.613. The molecule has 0 fully saturated rings. The summed E-state index contributed by atoms with van der Waals surface area (Å²) in [5, 5.41) is 11.8. The molecule has 20 heavy (non-hydrogen) atoms. The Morgan fingerprint density at radius 3 is 2.65 bits per heavy atom. The molecular weight excluding hydrogens is 246 g/mol. The molecule has 3 nitrogen and oxygen atoms in total. The average Bonchev–Trinajstić information content (AvgIpc) is 2.48. The van der Waals surface area contributed by atoms with Gasteiger partial charge in [-0.1, -0.05) is 37.6 Å². The van der Waals surface area contributed by atoms with E-state index in [1.54, 1.807) is 6.20 Å². The Kier molecular flexibility index (Phi) is 4.88. The van der Waals surface area contributed by atoms with Gasteiger partial charge in [0.2, 0.25) is 0 Å². The topological polar surface area (TPSA) is 48.8 Å². The molecule has 0 bridgehead atoms. The molecule has 1 heterocycles. The number of unbranched alkanes of at least 4 members (excludes halogenated alkanes) is 1. The van der Waals surface area contributed by atoms with E-state index in [9.17, 15) is 0 Å². The van der Waals surface area contributed by atoms with Crippen molar-refractivity contribution in [2.75, 3.05) is 11.9 Å². The minimum atomic E-state index is 0.523. The van der Waals surface area contributed by atoms with Crippen molar-refractivity contribution in [2.45, 2.75) is 26.7 Å². The molecule has 0 aliphatic rings. The SMILES string of the molecule is CCCCNc1ncccc1C(=N)c1ccccc1C. The first-order valence-corrected chi connectivity index (χ1v) is 7.08. The molecule has 1 aromatic heterocycles. The molecular formula is C17H21N3. The maximum absolute atomic E-state index is 8.45. The molecule has 0 amide bonds. The van der Waals surface area contributed by atoms with E-state index in [-0.39, 0.29) is 0 Å². The summed E-state index contributed by atoms with van der Waals surface area (Å²) >= 11 is 0. The number of hydrogen-bond donors (Lipinski definition) is 2. The Balaban J connectivity index is 2.28. The zero-order valence-electron chi connectivity index (χ0n) is 12.1. The van der Waals surface area contributed by atoms with Gasteiger partial charge in [-0.2, -0.15) is 0 Å². The van der Waals surface area contributed by atoms with Crippen LogP contribution in [0.2, 0.25) is 0 Å². The van der Waals surface area contributed by atoms with Crippen LogP contribution in [0.3, 0.4) is 0 Å². The lowest BCUT2D eigenvalue weighted by molar-refractivity contribution is 0.831. The summed E-state index contributed by atoms with van der Waals surface area (Å²) < 4.78 is 0. The first kappa shape index (κ1) is 14.3. The number of pyridine rings is 1. The summed E-state index contributed by atoms with van der Waals surface area (Å²) in [6.07, 6.45) is 4.01. The Labute approximate surface area is 120 Å². The van der Waals surface area contributed by atoms with Crippen LogP contribution >= 0.6 is 0 Å². The van der Waals surface area contributed by atoms with Gasteiger partial charge in [0.25, 0.3) is 0 Å². The second-order valence-electron chi connectivity index (χ2n) is 4.87. The van der Waals surface area contributed by atoms with Gasteiger partial charge in [-0.25, -0.2) is 4.98 Å². The number of rotatable bonds is 6. The Bertz CT molecular complexity index is 590. The van der Waals surface area contributed by atoms with Gasteiger partial charge < -0.3 is 5.32 Å². The number of hydrogen-bond acceptors (Lipinski definition) is 3. The van der Waals surface area contributed by atoms with E-state index < -0.39 is 0 Å². The van der Waals surface area contributed by atoms with Gasteiger partial charge in [0.15, 0.2) is 0 Å². The summed E-state index contributed by atoms with van der Waals surface area (Å²) in [7, 11) is 0. The van der Waals surface area contributed by atoms with Crippen molar-refractivity contribution in [2.24, 2.45) is 0 Å². The van der Waals surface area contributed by atoms with Gasteiger partial charge in [0, 0.05) is 23.9 Å². The highest BCUT2D eigenvalue weighted by Crippen LogP contribution is 2.19. The predicted octanol–water partition coefficient (Wildman–Crippen LogP) is 4.02. The molecule has 0 aliphatic heterocycles. The smallest absolute Gasteiger partial charge is 0.135 e. The number of benzene rings is 1. The third kappa shape index (κ3) is 3.23. The minimum Gasteiger partial charge on any atom is -0.370 e. The van der Waals surface area contributed by atoms with Crippen molar-refractivity contribution in [3.8, 4) is 0 Å². The van der Waals surface area contributed by atoms with Gasteiger partial charge in [0.05, 0.1) is 5.71 Å². The molecule has 0 saturated carbocycles. The van der Waals surface area contributed by atoms with Crippen LogP contribution in [0.4, 0.5) is 5.82 Å². The first-order valence-electron chi connectivity index (χ1n) is 7.08. The fourth-order valence-corrected chi connectivity index (χ4v) is 2.13. The van der Waals surface area contributed by atoms with Crippen LogP contribution < -0.4 is 5.32 Å². The Morgan fingerprint density at radius 2 is 1.90 bits per heavy atom. The molecule has 0 spiro atoms. The number of nitrogens with zero attached hydrogens (tertiary/aromatic N) is 1. The molecule has 1 aromatic carbocycles. The molecule has 2 rings (SSSR count). The minimum absolute atomic E-state index is 0.523. The molecule has 104 valence electrons. The van der Waals surface area contributed by atoms with Crippen LogP contribution in [0.25, 0.3) is 0 Å². The summed E-state index contributed by atoms with van der Waals surface area (Å²) in [5.74, 6) is 0.800. The lowest BCUT2D eigenvalue weighted by Gasteiger charge is -2.13. The van der Waals surface area contributed by atoms with E-state index in [1.165, 1.54) is 0 Å². The van der Waals surface area contributed by atoms with Gasteiger partial charge in [-0.05, 0) is 31.0 Å². The summed E-state index contributed by atoms with van der Waals surface area (Å²) in [6.45, 7) is 5.09. The molecule has 0 aliphatic carbocycles. The van der Waals surface area contributed by atoms with Crippen molar-refractivity contribution in [3.05, 3.63) is 59.3 Å². The fraction of sp³-hybridized carbons (Fsp3) is 0.294. The molecule has 3 heteroatoms. The molecule has 2 aromatic rings. The zero-order valence-corrected chi connectivity index (χ0v) is 12.1. The van der Waals surface area contributed by atoms with Crippen molar-refractivity contribution in [3.63, 3.8) is 0 Å². The largest absolute Gasteiger partial charge is 0.370 e. The van der Waals surface area contributed by atoms with E-state index >= 15 is 0 Å². The van der Waals surface area contributed by atoms with Crippen molar-refractivity contribution < 1.29 is 0 Å². The summed E-state index contributed by atoms with van der Waals surface area (Å²) in [5.41, 5.74) is 3.45. The van der Waals surface area contributed by atoms with Crippen LogP contribution in [0, 0.1) is 12.3 Å². The second kappa shape index (κ2) is 6.85. The lowest BCUT2D eigenvalue weighted by atomic mass is 9.99. The number of anilines is 1. The van der Waals surface area contributed by atoms with Gasteiger partial charge in [-0.3, -0.25) is 5.41 Å². The van der Waals surface area contributed by atoms with E-state index in [4.69, 9.17) is 5.41 Å². The van der Waals surface area contributed by atoms with Gasteiger partial charge >= 0.3 is 0 Å². The maximum Gasteiger partial charge on any atom is 0.135 e. The number of aromatic nitrogens is 1. The number of aryl methyl sites for hydroxylation is 1. The predicted molar refractivity (Wildman–Crippen MR) is 84.7 cm³/mol. The highest BCUT2D eigenvalue weighted by atomic mass is 15.0. The van der Waals surface area contributed by atoms with Gasteiger partial charge in [-0.15, -0.1) is 0 Å². The first-order chi connectivity index (χ1) is 9.74. The van der Waals surface area contributed by atoms with E-state index in [0.717, 1.165) is 41.9 Å². The molecule has 0 radical (unpaired) electrons. The third-order valence-corrected chi connectivity index (χ3v) is 3.31. The van der Waals surface area contributed by atoms with Crippen LogP contribution in [0.1, 0.15) is 36.5 Å². The van der Waals surface area contributed by atoms with Crippen molar-refractivity contribution >= 4 is 11.5 Å². The van der Waals surface area contributed by atoms with E-state index in [0.29, 0.717) is 5.71 Å². The third-order valence-electron chi connectivity index (χ3n) is 3.31. The summed E-state index contributed by atoms with van der Waals surface area (Å²) in [6, 6.07) is 11.8. The van der Waals surface area contributed by atoms with Crippen molar-refractivity contribution in [1.82, 2.24) is 4.98 Å². The monoisotopic (exact) mass is 267 g/mol. The second-order valence-corrected chi connectivity index (χ2v) is 4.87. The average molecular weight is 267 g/mol. The molecule has 0 atom stereocenters. The van der Waals surface area contributed by atoms with E-state index in [1.807, 2.05) is 43.3 Å². The molecule has 2 N–H and O–H groups in total. The van der Waals surface area contributed by atoms with Crippen LogP contribution in [0.15, 0.2) is 42.6 Å². The molecule has 0 saturated heterocycles. The normalized spacial score (nSPS) is 10.3. The summed E-state index contributed by atoms with van der Waals surface area (Å²) in [4.78, 5) is 4.37. The van der Waals surface area contributed by atoms with Crippen LogP contribution in [-0.4, -0.2) is 17.2 Å². The lowest BCUT2D eigenvalue weighted by Crippen LogP contribution is -2.11. The standard InChI is InChI=1S/C17H21N3/c1-3-4-11-19-17-15(10-7-12-20-17)16(18)14-9-6-5-8-13(14)2/h5-10,12,18H,3-4,11H2,1-2H3,(H,19,20). The van der Waals surface area contributed by atoms with Crippen molar-refractivity contribution in [1.29, 1.82) is 5.41 Å². The van der Waals surface area contributed by atoms with Gasteiger partial charge in [0.1, 0.15) is 5.82 Å².